The zero-order valence-electron chi connectivity index (χ0n) is 9.00. The number of methoxy groups -OCH3 is 1. The molecule has 5 heteroatoms. The Morgan fingerprint density at radius 3 is 2.44 bits per heavy atom. The number of alkyl halides is 2. The number of Topliss-reactive ketones (excluding diaryl/α,β-unsaturated/α-hetero) is 1. The number of ether oxygens (including phenoxy) is 2. The van der Waals surface area contributed by atoms with E-state index < -0.39 is 6.61 Å². The van der Waals surface area contributed by atoms with E-state index in [-0.39, 0.29) is 11.5 Å². The maximum atomic E-state index is 12.0. The molecule has 0 radical (unpaired) electrons. The summed E-state index contributed by atoms with van der Waals surface area (Å²) in [7, 11) is 1.39. The standard InChI is InChI=1S/C11H12F2O3/c1-3-10(14)7-4-8(15-2)6-9(5-7)16-11(12)13/h4-6,11H,3H2,1-2H3. The lowest BCUT2D eigenvalue weighted by Gasteiger charge is -2.08. The second kappa shape index (κ2) is 5.44. The summed E-state index contributed by atoms with van der Waals surface area (Å²) in [6, 6.07) is 4.07. The van der Waals surface area contributed by atoms with Crippen LogP contribution in [0.2, 0.25) is 0 Å². The van der Waals surface area contributed by atoms with Gasteiger partial charge < -0.3 is 9.47 Å². The van der Waals surface area contributed by atoms with Gasteiger partial charge in [-0.25, -0.2) is 0 Å². The summed E-state index contributed by atoms with van der Waals surface area (Å²) in [5.41, 5.74) is 0.303. The molecule has 0 N–H and O–H groups in total. The van der Waals surface area contributed by atoms with Crippen LogP contribution in [0.4, 0.5) is 8.78 Å². The SMILES string of the molecule is CCC(=O)c1cc(OC)cc(OC(F)F)c1. The molecule has 0 fully saturated rings. The van der Waals surface area contributed by atoms with Gasteiger partial charge in [-0.2, -0.15) is 8.78 Å². The van der Waals surface area contributed by atoms with Crippen molar-refractivity contribution < 1.29 is 23.0 Å². The predicted octanol–water partition coefficient (Wildman–Crippen LogP) is 2.89. The average Bonchev–Trinajstić information content (AvgIpc) is 2.26. The fraction of sp³-hybridized carbons (Fsp3) is 0.364. The zero-order chi connectivity index (χ0) is 12.1. The normalized spacial score (nSPS) is 10.3. The summed E-state index contributed by atoms with van der Waals surface area (Å²) in [5, 5.41) is 0. The number of halogens is 2. The first kappa shape index (κ1) is 12.4. The summed E-state index contributed by atoms with van der Waals surface area (Å²) >= 11 is 0. The van der Waals surface area contributed by atoms with Crippen LogP contribution in [-0.4, -0.2) is 19.5 Å². The van der Waals surface area contributed by atoms with Crippen molar-refractivity contribution in [3.63, 3.8) is 0 Å². The molecule has 0 aromatic heterocycles. The van der Waals surface area contributed by atoms with Crippen molar-refractivity contribution >= 4 is 5.78 Å². The number of carbonyl (C=O) groups excluding carboxylic acids is 1. The molecule has 0 amide bonds. The second-order valence-corrected chi connectivity index (χ2v) is 3.05. The molecular formula is C11H12F2O3. The third-order valence-electron chi connectivity index (χ3n) is 1.98. The average molecular weight is 230 g/mol. The van der Waals surface area contributed by atoms with Gasteiger partial charge in [-0.1, -0.05) is 6.92 Å². The van der Waals surface area contributed by atoms with Gasteiger partial charge in [-0.15, -0.1) is 0 Å². The van der Waals surface area contributed by atoms with E-state index in [4.69, 9.17) is 4.74 Å². The Balaban J connectivity index is 3.05. The number of rotatable bonds is 5. The molecule has 0 aliphatic rings. The van der Waals surface area contributed by atoms with Crippen LogP contribution in [0.3, 0.4) is 0 Å². The van der Waals surface area contributed by atoms with Gasteiger partial charge in [0.2, 0.25) is 0 Å². The van der Waals surface area contributed by atoms with Crippen molar-refractivity contribution in [1.82, 2.24) is 0 Å². The number of hydrogen-bond acceptors (Lipinski definition) is 3. The van der Waals surface area contributed by atoms with E-state index in [1.54, 1.807) is 6.92 Å². The Bertz CT molecular complexity index is 377. The number of benzene rings is 1. The van der Waals surface area contributed by atoms with Crippen LogP contribution in [0.15, 0.2) is 18.2 Å². The Labute approximate surface area is 92.0 Å². The zero-order valence-corrected chi connectivity index (χ0v) is 9.00. The lowest BCUT2D eigenvalue weighted by molar-refractivity contribution is -0.0499. The number of carbonyl (C=O) groups is 1. The maximum Gasteiger partial charge on any atom is 0.387 e. The fourth-order valence-electron chi connectivity index (χ4n) is 1.23. The lowest BCUT2D eigenvalue weighted by atomic mass is 10.1. The largest absolute Gasteiger partial charge is 0.497 e. The van der Waals surface area contributed by atoms with Gasteiger partial charge in [0.25, 0.3) is 0 Å². The van der Waals surface area contributed by atoms with Crippen LogP contribution < -0.4 is 9.47 Å². The molecule has 0 spiro atoms. The summed E-state index contributed by atoms with van der Waals surface area (Å²) < 4.78 is 33.2. The minimum absolute atomic E-state index is 0.0776. The highest BCUT2D eigenvalue weighted by Gasteiger charge is 2.11. The molecule has 0 saturated heterocycles. The molecule has 0 heterocycles. The minimum atomic E-state index is -2.92. The quantitative estimate of drug-likeness (QED) is 0.729. The van der Waals surface area contributed by atoms with Crippen LogP contribution in [0.25, 0.3) is 0 Å². The van der Waals surface area contributed by atoms with Crippen molar-refractivity contribution in [1.29, 1.82) is 0 Å². The van der Waals surface area contributed by atoms with E-state index in [0.29, 0.717) is 17.7 Å². The van der Waals surface area contributed by atoms with Crippen LogP contribution in [0.1, 0.15) is 23.7 Å². The molecule has 1 aromatic rings. The Hall–Kier alpha value is -1.65. The fourth-order valence-corrected chi connectivity index (χ4v) is 1.23. The van der Waals surface area contributed by atoms with Crippen molar-refractivity contribution in [2.24, 2.45) is 0 Å². The third kappa shape index (κ3) is 3.18. The molecule has 0 aliphatic heterocycles. The lowest BCUT2D eigenvalue weighted by Crippen LogP contribution is -2.04. The first-order chi connectivity index (χ1) is 7.56. The Morgan fingerprint density at radius 2 is 1.94 bits per heavy atom. The maximum absolute atomic E-state index is 12.0. The highest BCUT2D eigenvalue weighted by molar-refractivity contribution is 5.96. The van der Waals surface area contributed by atoms with Crippen LogP contribution in [-0.2, 0) is 0 Å². The van der Waals surface area contributed by atoms with Gasteiger partial charge in [-0.3, -0.25) is 4.79 Å². The molecule has 16 heavy (non-hydrogen) atoms. The summed E-state index contributed by atoms with van der Waals surface area (Å²) in [6.45, 7) is -1.23. The summed E-state index contributed by atoms with van der Waals surface area (Å²) in [6.07, 6.45) is 0.293. The summed E-state index contributed by atoms with van der Waals surface area (Å²) in [5.74, 6) is 0.0825. The van der Waals surface area contributed by atoms with E-state index in [2.05, 4.69) is 4.74 Å². The monoisotopic (exact) mass is 230 g/mol. The number of ketones is 1. The molecule has 1 rings (SSSR count). The van der Waals surface area contributed by atoms with E-state index in [1.807, 2.05) is 0 Å². The third-order valence-corrected chi connectivity index (χ3v) is 1.98. The van der Waals surface area contributed by atoms with Gasteiger partial charge in [0.15, 0.2) is 5.78 Å². The van der Waals surface area contributed by atoms with E-state index >= 15 is 0 Å². The molecule has 0 aliphatic carbocycles. The van der Waals surface area contributed by atoms with Crippen molar-refractivity contribution in [2.75, 3.05) is 7.11 Å². The molecule has 0 saturated carbocycles. The topological polar surface area (TPSA) is 35.5 Å². The predicted molar refractivity (Wildman–Crippen MR) is 54.2 cm³/mol. The van der Waals surface area contributed by atoms with E-state index in [1.165, 1.54) is 25.3 Å². The number of hydrogen-bond donors (Lipinski definition) is 0. The first-order valence-corrected chi connectivity index (χ1v) is 4.74. The van der Waals surface area contributed by atoms with Crippen LogP contribution in [0, 0.1) is 0 Å². The summed E-state index contributed by atoms with van der Waals surface area (Å²) in [4.78, 5) is 11.4. The van der Waals surface area contributed by atoms with E-state index in [9.17, 15) is 13.6 Å². The van der Waals surface area contributed by atoms with Gasteiger partial charge in [0, 0.05) is 18.1 Å². The van der Waals surface area contributed by atoms with Gasteiger partial charge in [0.1, 0.15) is 11.5 Å². The second-order valence-electron chi connectivity index (χ2n) is 3.05. The molecular weight excluding hydrogens is 218 g/mol. The Kier molecular flexibility index (Phi) is 4.22. The molecule has 1 aromatic carbocycles. The molecule has 0 unspecified atom stereocenters. The van der Waals surface area contributed by atoms with Gasteiger partial charge in [-0.05, 0) is 12.1 Å². The molecule has 0 atom stereocenters. The highest BCUT2D eigenvalue weighted by atomic mass is 19.3. The van der Waals surface area contributed by atoms with Gasteiger partial charge in [0.05, 0.1) is 7.11 Å². The van der Waals surface area contributed by atoms with E-state index in [0.717, 1.165) is 0 Å². The first-order valence-electron chi connectivity index (χ1n) is 4.74. The van der Waals surface area contributed by atoms with Crippen molar-refractivity contribution in [3.05, 3.63) is 23.8 Å². The highest BCUT2D eigenvalue weighted by Crippen LogP contribution is 2.24. The van der Waals surface area contributed by atoms with Crippen molar-refractivity contribution in [2.45, 2.75) is 20.0 Å². The van der Waals surface area contributed by atoms with Crippen LogP contribution in [0.5, 0.6) is 11.5 Å². The smallest absolute Gasteiger partial charge is 0.387 e. The van der Waals surface area contributed by atoms with Gasteiger partial charge >= 0.3 is 6.61 Å². The van der Waals surface area contributed by atoms with Crippen LogP contribution >= 0.6 is 0 Å². The molecule has 88 valence electrons. The molecule has 3 nitrogen and oxygen atoms in total. The Morgan fingerprint density at radius 1 is 1.31 bits per heavy atom. The molecule has 0 bridgehead atoms. The van der Waals surface area contributed by atoms with Crippen molar-refractivity contribution in [3.8, 4) is 11.5 Å². The minimum Gasteiger partial charge on any atom is -0.497 e.